The molecule has 0 radical (unpaired) electrons. The molecular weight excluding hydrogens is 648 g/mol. The van der Waals surface area contributed by atoms with E-state index < -0.39 is 0 Å². The molecule has 2 aromatic heterocycles. The van der Waals surface area contributed by atoms with Gasteiger partial charge < -0.3 is 24.7 Å². The molecule has 5 aliphatic rings. The van der Waals surface area contributed by atoms with Crippen LogP contribution in [0.1, 0.15) is 88.1 Å². The van der Waals surface area contributed by atoms with Gasteiger partial charge in [-0.05, 0) is 87.1 Å². The second-order valence-corrected chi connectivity index (χ2v) is 15.6. The second kappa shape index (κ2) is 13.0. The van der Waals surface area contributed by atoms with Crippen LogP contribution < -0.4 is 10.6 Å². The Bertz CT molecular complexity index is 1970. The number of halogens is 1. The monoisotopic (exact) mass is 694 g/mol. The minimum atomic E-state index is -0.303. The van der Waals surface area contributed by atoms with Gasteiger partial charge in [-0.3, -0.25) is 14.5 Å². The van der Waals surface area contributed by atoms with E-state index in [9.17, 15) is 9.59 Å². The lowest BCUT2D eigenvalue weighted by molar-refractivity contribution is 0.0218. The van der Waals surface area contributed by atoms with Crippen LogP contribution in [-0.2, 0) is 40.0 Å². The van der Waals surface area contributed by atoms with E-state index in [1.807, 2.05) is 60.5 Å². The highest BCUT2D eigenvalue weighted by Gasteiger charge is 2.42. The van der Waals surface area contributed by atoms with Gasteiger partial charge in [-0.25, -0.2) is 9.97 Å². The predicted octanol–water partition coefficient (Wildman–Crippen LogP) is 6.60. The third kappa shape index (κ3) is 5.95. The van der Waals surface area contributed by atoms with Crippen LogP contribution in [0.2, 0.25) is 5.02 Å². The zero-order valence-corrected chi connectivity index (χ0v) is 30.4. The van der Waals surface area contributed by atoms with Crippen LogP contribution in [0.3, 0.4) is 0 Å². The molecule has 2 N–H and O–H groups in total. The van der Waals surface area contributed by atoms with E-state index in [0.29, 0.717) is 33.5 Å². The molecule has 2 aromatic carbocycles. The number of nitrogens with one attached hydrogen (secondary N) is 2. The number of aromatic nitrogens is 4. The highest BCUT2D eigenvalue weighted by Crippen LogP contribution is 2.51. The lowest BCUT2D eigenvalue weighted by Gasteiger charge is -2.49. The zero-order chi connectivity index (χ0) is 34.7. The maximum absolute atomic E-state index is 13.8. The normalized spacial score (nSPS) is 21.9. The highest BCUT2D eigenvalue weighted by molar-refractivity contribution is 6.36. The van der Waals surface area contributed by atoms with Crippen molar-refractivity contribution in [3.05, 3.63) is 81.4 Å². The topological polar surface area (TPSA) is 100 Å². The van der Waals surface area contributed by atoms with Crippen LogP contribution >= 0.6 is 11.6 Å². The number of imidazole rings is 2. The van der Waals surface area contributed by atoms with E-state index in [0.717, 1.165) is 90.9 Å². The number of benzene rings is 2. The van der Waals surface area contributed by atoms with Crippen LogP contribution in [0.5, 0.6) is 0 Å². The van der Waals surface area contributed by atoms with Crippen molar-refractivity contribution in [2.45, 2.75) is 71.4 Å². The maximum Gasteiger partial charge on any atom is 0.291 e. The lowest BCUT2D eigenvalue weighted by Crippen LogP contribution is -2.45. The summed E-state index contributed by atoms with van der Waals surface area (Å²) in [4.78, 5) is 41.5. The molecule has 11 heteroatoms. The second-order valence-electron chi connectivity index (χ2n) is 15.3. The molecule has 50 heavy (non-hydrogen) atoms. The average Bonchev–Trinajstić information content (AvgIpc) is 3.62. The molecular formula is C39H47ClN8O2. The number of nitrogens with zero attached hydrogens (tertiary/aromatic N) is 6. The van der Waals surface area contributed by atoms with Crippen LogP contribution in [-0.4, -0.2) is 67.4 Å². The molecule has 2 bridgehead atoms. The summed E-state index contributed by atoms with van der Waals surface area (Å²) in [7, 11) is 5.91. The van der Waals surface area contributed by atoms with Crippen LogP contribution in [0.15, 0.2) is 36.4 Å². The number of carbonyl (C=O) groups excluding carboxylic acids is 2. The molecule has 9 rings (SSSR count). The SMILES string of the molecule is Cc1c(NC(=O)c2nc3c(n2C)CCN(CC24CCC(CC2)CC4)C3)cccc1-c1cccc(NC(=O)c2nc3c(n2C)CCN(C)C3)c1Cl. The molecule has 0 unspecified atom stereocenters. The van der Waals surface area contributed by atoms with Gasteiger partial charge in [0.25, 0.3) is 11.8 Å². The fraction of sp³-hybridized carbons (Fsp3) is 0.487. The Kier molecular flexibility index (Phi) is 8.60. The first-order valence-electron chi connectivity index (χ1n) is 18.1. The van der Waals surface area contributed by atoms with Crippen molar-refractivity contribution in [1.29, 1.82) is 0 Å². The number of amides is 2. The molecule has 0 spiro atoms. The van der Waals surface area contributed by atoms with E-state index in [-0.39, 0.29) is 11.8 Å². The van der Waals surface area contributed by atoms with E-state index in [1.54, 1.807) is 6.07 Å². The molecule has 2 amide bonds. The molecule has 10 nitrogen and oxygen atoms in total. The van der Waals surface area contributed by atoms with Crippen molar-refractivity contribution >= 4 is 34.8 Å². The Morgan fingerprint density at radius 1 is 0.800 bits per heavy atom. The molecule has 0 saturated heterocycles. The van der Waals surface area contributed by atoms with Gasteiger partial charge in [-0.15, -0.1) is 0 Å². The molecule has 0 atom stereocenters. The number of carbonyl (C=O) groups is 2. The molecule has 3 aliphatic carbocycles. The fourth-order valence-corrected chi connectivity index (χ4v) is 9.36. The minimum absolute atomic E-state index is 0.228. The Balaban J connectivity index is 0.982. The maximum atomic E-state index is 13.8. The number of rotatable bonds is 7. The fourth-order valence-electron chi connectivity index (χ4n) is 9.09. The first-order valence-corrected chi connectivity index (χ1v) is 18.5. The quantitative estimate of drug-likeness (QED) is 0.226. The van der Waals surface area contributed by atoms with Crippen LogP contribution in [0.4, 0.5) is 11.4 Å². The van der Waals surface area contributed by atoms with Crippen molar-refractivity contribution < 1.29 is 9.59 Å². The summed E-state index contributed by atoms with van der Waals surface area (Å²) < 4.78 is 3.87. The Morgan fingerprint density at radius 3 is 2.02 bits per heavy atom. The van der Waals surface area contributed by atoms with Gasteiger partial charge in [0, 0.05) is 82.3 Å². The van der Waals surface area contributed by atoms with Crippen LogP contribution in [0.25, 0.3) is 11.1 Å². The molecule has 3 fully saturated rings. The number of fused-ring (bicyclic) bond motifs is 5. The summed E-state index contributed by atoms with van der Waals surface area (Å²) in [5, 5.41) is 6.56. The van der Waals surface area contributed by atoms with Crippen molar-refractivity contribution in [2.75, 3.05) is 37.3 Å². The first kappa shape index (κ1) is 33.2. The van der Waals surface area contributed by atoms with Gasteiger partial charge >= 0.3 is 0 Å². The van der Waals surface area contributed by atoms with E-state index >= 15 is 0 Å². The lowest BCUT2D eigenvalue weighted by atomic mass is 9.60. The summed E-state index contributed by atoms with van der Waals surface area (Å²) in [6.45, 7) is 6.61. The van der Waals surface area contributed by atoms with Crippen molar-refractivity contribution in [1.82, 2.24) is 28.9 Å². The van der Waals surface area contributed by atoms with E-state index in [4.69, 9.17) is 16.6 Å². The van der Waals surface area contributed by atoms with Gasteiger partial charge in [0.15, 0.2) is 11.6 Å². The summed E-state index contributed by atoms with van der Waals surface area (Å²) in [6, 6.07) is 11.4. The Hall–Kier alpha value is -3.99. The van der Waals surface area contributed by atoms with E-state index in [2.05, 4.69) is 32.5 Å². The van der Waals surface area contributed by atoms with Crippen LogP contribution in [0, 0.1) is 18.3 Å². The third-order valence-corrected chi connectivity index (χ3v) is 12.5. The molecule has 262 valence electrons. The standard InChI is InChI=1S/C39H47ClN8O2/c1-24-26(27-8-6-10-29(34(27)40)44-38(50)36-41-30-21-45(2)19-14-32(30)46(36)3)7-5-9-28(24)43-37(49)35-42-31-22-48(20-15-33(31)47(35)4)23-39-16-11-25(12-17-39)13-18-39/h5-10,25H,11-23H2,1-4H3,(H,43,49)(H,44,50). The molecule has 2 aliphatic heterocycles. The van der Waals surface area contributed by atoms with Crippen molar-refractivity contribution in [3.63, 3.8) is 0 Å². The summed E-state index contributed by atoms with van der Waals surface area (Å²) >= 11 is 6.98. The molecule has 3 saturated carbocycles. The average molecular weight is 695 g/mol. The number of anilines is 2. The van der Waals surface area contributed by atoms with Gasteiger partial charge in [0.2, 0.25) is 0 Å². The van der Waals surface area contributed by atoms with Gasteiger partial charge in [0.05, 0.1) is 22.1 Å². The summed E-state index contributed by atoms with van der Waals surface area (Å²) in [5.74, 6) is 1.24. The third-order valence-electron chi connectivity index (χ3n) is 12.1. The van der Waals surface area contributed by atoms with Gasteiger partial charge in [-0.2, -0.15) is 0 Å². The largest absolute Gasteiger partial charge is 0.327 e. The van der Waals surface area contributed by atoms with Crippen molar-refractivity contribution in [2.24, 2.45) is 25.4 Å². The number of hydrogen-bond acceptors (Lipinski definition) is 6. The smallest absolute Gasteiger partial charge is 0.291 e. The van der Waals surface area contributed by atoms with Gasteiger partial charge in [-0.1, -0.05) is 35.9 Å². The molecule has 4 aromatic rings. The Labute approximate surface area is 299 Å². The van der Waals surface area contributed by atoms with E-state index in [1.165, 1.54) is 38.5 Å². The minimum Gasteiger partial charge on any atom is -0.327 e. The predicted molar refractivity (Wildman–Crippen MR) is 197 cm³/mol. The summed E-state index contributed by atoms with van der Waals surface area (Å²) in [6.07, 6.45) is 10.0. The van der Waals surface area contributed by atoms with Gasteiger partial charge in [0.1, 0.15) is 0 Å². The zero-order valence-electron chi connectivity index (χ0n) is 29.6. The number of likely N-dealkylation sites (N-methyl/N-ethyl adjacent to an activating group) is 1. The number of hydrogen-bond donors (Lipinski definition) is 2. The highest BCUT2D eigenvalue weighted by atomic mass is 35.5. The van der Waals surface area contributed by atoms with Crippen molar-refractivity contribution in [3.8, 4) is 11.1 Å². The molecule has 4 heterocycles. The Morgan fingerprint density at radius 2 is 1.36 bits per heavy atom. The summed E-state index contributed by atoms with van der Waals surface area (Å²) in [5.41, 5.74) is 8.39. The first-order chi connectivity index (χ1) is 24.1.